The van der Waals surface area contributed by atoms with Crippen molar-refractivity contribution in [2.24, 2.45) is 0 Å². The monoisotopic (exact) mass is 302 g/mol. The van der Waals surface area contributed by atoms with E-state index < -0.39 is 0 Å². The van der Waals surface area contributed by atoms with E-state index in [9.17, 15) is 4.79 Å². The van der Waals surface area contributed by atoms with Crippen LogP contribution in [0.25, 0.3) is 17.0 Å². The molecule has 2 aromatic carbocycles. The number of carbonyl (C=O) groups excluding carboxylic acids is 1. The van der Waals surface area contributed by atoms with Crippen LogP contribution in [0.1, 0.15) is 5.56 Å². The molecule has 0 atom stereocenters. The summed E-state index contributed by atoms with van der Waals surface area (Å²) in [7, 11) is 0. The quantitative estimate of drug-likeness (QED) is 0.786. The Hall–Kier alpha value is -3.14. The van der Waals surface area contributed by atoms with Crippen molar-refractivity contribution in [2.75, 3.05) is 11.9 Å². The molecule has 1 aromatic heterocycles. The molecule has 1 aliphatic heterocycles. The Balaban J connectivity index is 1.59. The van der Waals surface area contributed by atoms with Gasteiger partial charge in [0.05, 0.1) is 23.0 Å². The number of aromatic nitrogens is 1. The second kappa shape index (κ2) is 5.57. The molecular weight excluding hydrogens is 288 g/mol. The Morgan fingerprint density at radius 2 is 1.91 bits per heavy atom. The summed E-state index contributed by atoms with van der Waals surface area (Å²) < 4.78 is 5.62. The lowest BCUT2D eigenvalue weighted by Crippen LogP contribution is -2.21. The zero-order valence-electron chi connectivity index (χ0n) is 12.3. The Labute approximate surface area is 133 Å². The van der Waals surface area contributed by atoms with Crippen molar-refractivity contribution >= 4 is 28.6 Å². The lowest BCUT2D eigenvalue weighted by Gasteiger charge is -2.17. The van der Waals surface area contributed by atoms with Gasteiger partial charge in [0, 0.05) is 10.9 Å². The highest BCUT2D eigenvalue weighted by Crippen LogP contribution is 2.26. The van der Waals surface area contributed by atoms with Crippen LogP contribution in [0.15, 0.2) is 66.4 Å². The van der Waals surface area contributed by atoms with E-state index in [1.165, 1.54) is 0 Å². The predicted molar refractivity (Wildman–Crippen MR) is 90.3 cm³/mol. The van der Waals surface area contributed by atoms with E-state index >= 15 is 0 Å². The minimum Gasteiger partial charge on any atom is -0.488 e. The molecule has 0 saturated heterocycles. The Bertz CT molecular complexity index is 931. The maximum atomic E-state index is 12.4. The fraction of sp³-hybridized carbons (Fsp3) is 0.0526. The molecule has 0 bridgehead atoms. The molecule has 0 spiro atoms. The summed E-state index contributed by atoms with van der Waals surface area (Å²) in [6.07, 6.45) is 3.53. The van der Waals surface area contributed by atoms with Crippen molar-refractivity contribution in [3.05, 3.63) is 71.9 Å². The van der Waals surface area contributed by atoms with Crippen LogP contribution in [-0.2, 0) is 4.79 Å². The molecule has 4 heteroatoms. The van der Waals surface area contributed by atoms with Gasteiger partial charge in [-0.3, -0.25) is 9.78 Å². The second-order valence-electron chi connectivity index (χ2n) is 5.37. The van der Waals surface area contributed by atoms with Crippen molar-refractivity contribution in [3.63, 3.8) is 0 Å². The lowest BCUT2D eigenvalue weighted by atomic mass is 10.1. The lowest BCUT2D eigenvalue weighted by molar-refractivity contribution is -0.113. The fourth-order valence-corrected chi connectivity index (χ4v) is 2.60. The maximum absolute atomic E-state index is 12.4. The van der Waals surface area contributed by atoms with E-state index in [0.717, 1.165) is 22.2 Å². The van der Waals surface area contributed by atoms with Crippen molar-refractivity contribution in [2.45, 2.75) is 0 Å². The summed E-state index contributed by atoms with van der Waals surface area (Å²) in [5.74, 6) is 0.632. The summed E-state index contributed by atoms with van der Waals surface area (Å²) in [6.45, 7) is 0.268. The number of carbonyl (C=O) groups is 1. The van der Waals surface area contributed by atoms with Gasteiger partial charge in [-0.1, -0.05) is 36.4 Å². The molecule has 0 unspecified atom stereocenters. The zero-order valence-corrected chi connectivity index (χ0v) is 12.3. The van der Waals surface area contributed by atoms with Crippen LogP contribution in [-0.4, -0.2) is 17.5 Å². The molecule has 0 aliphatic carbocycles. The number of para-hydroxylation sites is 2. The molecule has 23 heavy (non-hydrogen) atoms. The third-order valence-electron chi connectivity index (χ3n) is 3.77. The summed E-state index contributed by atoms with van der Waals surface area (Å²) in [6, 6.07) is 17.4. The first kappa shape index (κ1) is 13.5. The molecule has 4 rings (SSSR count). The number of hydrogen-bond acceptors (Lipinski definition) is 3. The third kappa shape index (κ3) is 2.66. The normalized spacial score (nSPS) is 13.0. The van der Waals surface area contributed by atoms with E-state index in [1.54, 1.807) is 6.20 Å². The van der Waals surface area contributed by atoms with Crippen LogP contribution in [0.5, 0.6) is 5.75 Å². The molecular formula is C19H14N2O2. The number of hydrogen-bond donors (Lipinski definition) is 1. The molecule has 0 radical (unpaired) electrons. The molecule has 1 amide bonds. The molecule has 3 aromatic rings. The van der Waals surface area contributed by atoms with Crippen LogP contribution < -0.4 is 10.1 Å². The van der Waals surface area contributed by atoms with Crippen molar-refractivity contribution in [1.82, 2.24) is 4.98 Å². The number of fused-ring (bicyclic) bond motifs is 2. The van der Waals surface area contributed by atoms with Crippen LogP contribution >= 0.6 is 0 Å². The number of ether oxygens (including phenoxy) is 1. The number of pyridine rings is 1. The van der Waals surface area contributed by atoms with Crippen molar-refractivity contribution in [3.8, 4) is 5.75 Å². The van der Waals surface area contributed by atoms with Gasteiger partial charge in [-0.05, 0) is 24.3 Å². The Morgan fingerprint density at radius 3 is 2.87 bits per heavy atom. The largest absolute Gasteiger partial charge is 0.488 e. The van der Waals surface area contributed by atoms with E-state index in [0.29, 0.717) is 11.3 Å². The molecule has 0 saturated carbocycles. The number of nitrogens with zero attached hydrogens (tertiary/aromatic N) is 1. The first-order valence-corrected chi connectivity index (χ1v) is 7.38. The highest BCUT2D eigenvalue weighted by molar-refractivity contribution is 6.08. The number of rotatable bonds is 2. The average molecular weight is 302 g/mol. The average Bonchev–Trinajstić information content (AvgIpc) is 2.61. The Morgan fingerprint density at radius 1 is 1.09 bits per heavy atom. The van der Waals surface area contributed by atoms with Gasteiger partial charge in [0.1, 0.15) is 12.4 Å². The minimum atomic E-state index is -0.170. The van der Waals surface area contributed by atoms with Gasteiger partial charge in [0.15, 0.2) is 0 Å². The zero-order chi connectivity index (χ0) is 15.6. The molecule has 1 aliphatic rings. The highest BCUT2D eigenvalue weighted by atomic mass is 16.5. The summed E-state index contributed by atoms with van der Waals surface area (Å²) >= 11 is 0. The topological polar surface area (TPSA) is 51.2 Å². The van der Waals surface area contributed by atoms with Gasteiger partial charge in [-0.25, -0.2) is 0 Å². The first-order chi connectivity index (χ1) is 11.3. The van der Waals surface area contributed by atoms with Gasteiger partial charge in [0.25, 0.3) is 5.91 Å². The van der Waals surface area contributed by atoms with Gasteiger partial charge in [-0.2, -0.15) is 0 Å². The molecule has 2 heterocycles. The van der Waals surface area contributed by atoms with Gasteiger partial charge < -0.3 is 10.1 Å². The van der Waals surface area contributed by atoms with E-state index in [1.807, 2.05) is 60.7 Å². The van der Waals surface area contributed by atoms with Crippen molar-refractivity contribution < 1.29 is 9.53 Å². The minimum absolute atomic E-state index is 0.170. The standard InChI is InChI=1S/C19H14N2O2/c22-19(15-9-14-6-2-4-8-18(14)23-12-15)21-16-10-13-5-1-3-7-17(13)20-11-16/h1-11H,12H2,(H,21,22). The molecule has 4 nitrogen and oxygen atoms in total. The summed E-state index contributed by atoms with van der Waals surface area (Å²) in [5.41, 5.74) is 3.09. The molecule has 112 valence electrons. The van der Waals surface area contributed by atoms with Gasteiger partial charge >= 0.3 is 0 Å². The van der Waals surface area contributed by atoms with E-state index in [4.69, 9.17) is 4.74 Å². The summed E-state index contributed by atoms with van der Waals surface area (Å²) in [4.78, 5) is 16.8. The number of benzene rings is 2. The first-order valence-electron chi connectivity index (χ1n) is 7.38. The Kier molecular flexibility index (Phi) is 3.27. The van der Waals surface area contributed by atoms with Crippen LogP contribution in [0.4, 0.5) is 5.69 Å². The molecule has 0 fully saturated rings. The third-order valence-corrected chi connectivity index (χ3v) is 3.77. The second-order valence-corrected chi connectivity index (χ2v) is 5.37. The van der Waals surface area contributed by atoms with Crippen LogP contribution in [0.2, 0.25) is 0 Å². The van der Waals surface area contributed by atoms with Crippen LogP contribution in [0.3, 0.4) is 0 Å². The summed E-state index contributed by atoms with van der Waals surface area (Å²) in [5, 5.41) is 3.88. The highest BCUT2D eigenvalue weighted by Gasteiger charge is 2.17. The SMILES string of the molecule is O=C(Nc1cnc2ccccc2c1)C1=Cc2ccccc2OC1. The molecule has 1 N–H and O–H groups in total. The van der Waals surface area contributed by atoms with E-state index in [2.05, 4.69) is 10.3 Å². The number of nitrogens with one attached hydrogen (secondary N) is 1. The smallest absolute Gasteiger partial charge is 0.255 e. The van der Waals surface area contributed by atoms with Gasteiger partial charge in [-0.15, -0.1) is 0 Å². The van der Waals surface area contributed by atoms with Crippen LogP contribution in [0, 0.1) is 0 Å². The van der Waals surface area contributed by atoms with E-state index in [-0.39, 0.29) is 12.5 Å². The fourth-order valence-electron chi connectivity index (χ4n) is 2.60. The predicted octanol–water partition coefficient (Wildman–Crippen LogP) is 3.65. The number of amides is 1. The number of anilines is 1. The maximum Gasteiger partial charge on any atom is 0.255 e. The van der Waals surface area contributed by atoms with Crippen molar-refractivity contribution in [1.29, 1.82) is 0 Å². The van der Waals surface area contributed by atoms with Gasteiger partial charge in [0.2, 0.25) is 0 Å².